The molecular weight excluding hydrogens is 390 g/mol. The van der Waals surface area contributed by atoms with Crippen LogP contribution in [0, 0.1) is 11.6 Å². The Morgan fingerprint density at radius 1 is 1.07 bits per heavy atom. The maximum atomic E-state index is 13.5. The molecule has 1 heterocycles. The highest BCUT2D eigenvalue weighted by Gasteiger charge is 2.13. The van der Waals surface area contributed by atoms with Crippen molar-refractivity contribution in [1.82, 2.24) is 10.3 Å². The predicted molar refractivity (Wildman–Crippen MR) is 110 cm³/mol. The van der Waals surface area contributed by atoms with Gasteiger partial charge in [-0.1, -0.05) is 12.1 Å². The Hall–Kier alpha value is -3.81. The highest BCUT2D eigenvalue weighted by molar-refractivity contribution is 6.10. The first-order valence-electron chi connectivity index (χ1n) is 9.25. The number of benzene rings is 2. The number of nitrogens with one attached hydrogen (secondary N) is 2. The van der Waals surface area contributed by atoms with Crippen LogP contribution in [0.2, 0.25) is 0 Å². The lowest BCUT2D eigenvalue weighted by Crippen LogP contribution is -2.36. The molecule has 0 radical (unpaired) electrons. The van der Waals surface area contributed by atoms with Crippen molar-refractivity contribution in [2.75, 3.05) is 11.9 Å². The van der Waals surface area contributed by atoms with Gasteiger partial charge in [-0.3, -0.25) is 15.1 Å². The number of amides is 1. The number of aliphatic imine (C=N–C) groups is 1. The Kier molecular flexibility index (Phi) is 7.05. The topological polar surface area (TPSA) is 75.6 Å². The van der Waals surface area contributed by atoms with Gasteiger partial charge < -0.3 is 10.1 Å². The van der Waals surface area contributed by atoms with Crippen LogP contribution in [0.3, 0.4) is 0 Å². The maximum absolute atomic E-state index is 13.5. The van der Waals surface area contributed by atoms with Gasteiger partial charge in [-0.05, 0) is 55.0 Å². The lowest BCUT2D eigenvalue weighted by molar-refractivity contribution is 0.0976. The van der Waals surface area contributed by atoms with Gasteiger partial charge in [0.2, 0.25) is 5.96 Å². The second-order valence-electron chi connectivity index (χ2n) is 6.16. The van der Waals surface area contributed by atoms with E-state index in [2.05, 4.69) is 20.6 Å². The summed E-state index contributed by atoms with van der Waals surface area (Å²) in [6.07, 6.45) is 3.28. The molecule has 0 aliphatic rings. The second kappa shape index (κ2) is 10.1. The number of carbonyl (C=O) groups excluding carboxylic acids is 1. The van der Waals surface area contributed by atoms with Crippen molar-refractivity contribution in [2.45, 2.75) is 13.5 Å². The minimum Gasteiger partial charge on any atom is -0.492 e. The number of hydrogen-bond acceptors (Lipinski definition) is 4. The first-order valence-corrected chi connectivity index (χ1v) is 9.25. The molecule has 30 heavy (non-hydrogen) atoms. The molecule has 6 nitrogen and oxygen atoms in total. The first-order chi connectivity index (χ1) is 14.6. The van der Waals surface area contributed by atoms with Crippen LogP contribution >= 0.6 is 0 Å². The number of nitrogens with zero attached hydrogens (tertiary/aromatic N) is 2. The summed E-state index contributed by atoms with van der Waals surface area (Å²) in [7, 11) is 0. The minimum absolute atomic E-state index is 0.0367. The van der Waals surface area contributed by atoms with E-state index in [9.17, 15) is 13.6 Å². The van der Waals surface area contributed by atoms with Crippen LogP contribution in [0.15, 0.2) is 72.0 Å². The summed E-state index contributed by atoms with van der Waals surface area (Å²) in [6, 6.07) is 13.7. The third-order valence-electron chi connectivity index (χ3n) is 4.02. The number of aromatic nitrogens is 1. The summed E-state index contributed by atoms with van der Waals surface area (Å²) in [5, 5.41) is 5.65. The van der Waals surface area contributed by atoms with Gasteiger partial charge in [-0.25, -0.2) is 13.8 Å². The molecule has 0 spiro atoms. The summed E-state index contributed by atoms with van der Waals surface area (Å²) < 4.78 is 32.3. The van der Waals surface area contributed by atoms with Gasteiger partial charge in [0.25, 0.3) is 5.91 Å². The molecule has 8 heteroatoms. The number of anilines is 1. The quantitative estimate of drug-likeness (QED) is 0.473. The van der Waals surface area contributed by atoms with E-state index in [-0.39, 0.29) is 18.1 Å². The normalized spacial score (nSPS) is 11.1. The number of ether oxygens (including phenoxy) is 1. The van der Waals surface area contributed by atoms with Crippen molar-refractivity contribution in [3.63, 3.8) is 0 Å². The second-order valence-corrected chi connectivity index (χ2v) is 6.16. The van der Waals surface area contributed by atoms with Crippen molar-refractivity contribution in [1.29, 1.82) is 0 Å². The number of hydrogen-bond donors (Lipinski definition) is 2. The first kappa shape index (κ1) is 20.9. The summed E-state index contributed by atoms with van der Waals surface area (Å²) in [6.45, 7) is 2.59. The van der Waals surface area contributed by atoms with Gasteiger partial charge in [-0.2, -0.15) is 0 Å². The average molecular weight is 410 g/mol. The van der Waals surface area contributed by atoms with Gasteiger partial charge in [0.05, 0.1) is 18.8 Å². The molecular formula is C22H20F2N4O2. The Balaban J connectivity index is 1.85. The summed E-state index contributed by atoms with van der Waals surface area (Å²) in [5.41, 5.74) is 1.44. The molecule has 1 aromatic heterocycles. The molecule has 0 aliphatic heterocycles. The van der Waals surface area contributed by atoms with Gasteiger partial charge in [0.1, 0.15) is 5.75 Å². The lowest BCUT2D eigenvalue weighted by Gasteiger charge is -2.15. The van der Waals surface area contributed by atoms with Crippen LogP contribution < -0.4 is 15.4 Å². The van der Waals surface area contributed by atoms with Crippen molar-refractivity contribution >= 4 is 17.6 Å². The molecule has 3 aromatic rings. The highest BCUT2D eigenvalue weighted by Crippen LogP contribution is 2.23. The zero-order valence-corrected chi connectivity index (χ0v) is 16.2. The molecule has 2 N–H and O–H groups in total. The van der Waals surface area contributed by atoms with E-state index in [1.165, 1.54) is 6.07 Å². The fourth-order valence-electron chi connectivity index (χ4n) is 2.56. The van der Waals surface area contributed by atoms with E-state index >= 15 is 0 Å². The van der Waals surface area contributed by atoms with E-state index in [0.717, 1.165) is 17.7 Å². The summed E-state index contributed by atoms with van der Waals surface area (Å²) in [4.78, 5) is 20.9. The van der Waals surface area contributed by atoms with E-state index in [1.54, 1.807) is 36.7 Å². The van der Waals surface area contributed by atoms with Crippen LogP contribution in [-0.2, 0) is 6.54 Å². The SMILES string of the molecule is CCOc1ccccc1NC(=NCc1ccncc1)NC(=O)c1ccc(F)c(F)c1. The number of rotatable bonds is 6. The number of para-hydroxylation sites is 2. The molecule has 0 atom stereocenters. The van der Waals surface area contributed by atoms with Crippen molar-refractivity contribution < 1.29 is 18.3 Å². The fourth-order valence-corrected chi connectivity index (χ4v) is 2.56. The average Bonchev–Trinajstić information content (AvgIpc) is 2.76. The molecule has 0 saturated heterocycles. The molecule has 0 unspecified atom stereocenters. The smallest absolute Gasteiger partial charge is 0.258 e. The largest absolute Gasteiger partial charge is 0.492 e. The van der Waals surface area contributed by atoms with Crippen LogP contribution in [0.25, 0.3) is 0 Å². The van der Waals surface area contributed by atoms with E-state index in [0.29, 0.717) is 18.0 Å². The standard InChI is InChI=1S/C22H20F2N4O2/c1-2-30-20-6-4-3-5-19(20)27-22(26-14-15-9-11-25-12-10-15)28-21(29)16-7-8-17(23)18(24)13-16/h3-13H,2,14H2,1H3,(H2,26,27,28,29). The Morgan fingerprint density at radius 2 is 1.83 bits per heavy atom. The molecule has 0 aliphatic carbocycles. The number of pyridine rings is 1. The lowest BCUT2D eigenvalue weighted by atomic mass is 10.2. The summed E-state index contributed by atoms with van der Waals surface area (Å²) >= 11 is 0. The van der Waals surface area contributed by atoms with Crippen LogP contribution in [0.5, 0.6) is 5.75 Å². The molecule has 0 fully saturated rings. The summed E-state index contributed by atoms with van der Waals surface area (Å²) in [5.74, 6) is -2.05. The molecule has 0 bridgehead atoms. The van der Waals surface area contributed by atoms with Gasteiger partial charge >= 0.3 is 0 Å². The Bertz CT molecular complexity index is 1040. The number of guanidine groups is 1. The van der Waals surface area contributed by atoms with Gasteiger partial charge in [0, 0.05) is 18.0 Å². The van der Waals surface area contributed by atoms with Crippen molar-refractivity contribution in [3.8, 4) is 5.75 Å². The van der Waals surface area contributed by atoms with Gasteiger partial charge in [-0.15, -0.1) is 0 Å². The highest BCUT2D eigenvalue weighted by atomic mass is 19.2. The van der Waals surface area contributed by atoms with Crippen LogP contribution in [0.4, 0.5) is 14.5 Å². The molecule has 154 valence electrons. The van der Waals surface area contributed by atoms with Gasteiger partial charge in [0.15, 0.2) is 11.6 Å². The minimum atomic E-state index is -1.10. The van der Waals surface area contributed by atoms with E-state index in [4.69, 9.17) is 4.74 Å². The monoisotopic (exact) mass is 410 g/mol. The van der Waals surface area contributed by atoms with Crippen molar-refractivity contribution in [3.05, 3.63) is 89.8 Å². The van der Waals surface area contributed by atoms with E-state index < -0.39 is 17.5 Å². The Labute approximate surface area is 172 Å². The number of carbonyl (C=O) groups is 1. The fraction of sp³-hybridized carbons (Fsp3) is 0.136. The molecule has 2 aromatic carbocycles. The maximum Gasteiger partial charge on any atom is 0.258 e. The zero-order valence-electron chi connectivity index (χ0n) is 16.2. The Morgan fingerprint density at radius 3 is 2.57 bits per heavy atom. The van der Waals surface area contributed by atoms with Crippen LogP contribution in [0.1, 0.15) is 22.8 Å². The molecule has 1 amide bonds. The predicted octanol–water partition coefficient (Wildman–Crippen LogP) is 4.16. The molecule has 3 rings (SSSR count). The third-order valence-corrected chi connectivity index (χ3v) is 4.02. The van der Waals surface area contributed by atoms with E-state index in [1.807, 2.05) is 19.1 Å². The van der Waals surface area contributed by atoms with Crippen molar-refractivity contribution in [2.24, 2.45) is 4.99 Å². The molecule has 0 saturated carbocycles. The zero-order chi connectivity index (χ0) is 21.3. The number of halogens is 2. The van der Waals surface area contributed by atoms with Crippen LogP contribution in [-0.4, -0.2) is 23.5 Å². The third kappa shape index (κ3) is 5.60.